The second-order valence-electron chi connectivity index (χ2n) is 6.08. The molecule has 1 fully saturated rings. The maximum absolute atomic E-state index is 11.7. The Morgan fingerprint density at radius 2 is 1.57 bits per heavy atom. The largest absolute Gasteiger partial charge is 0.478 e. The van der Waals surface area contributed by atoms with Gasteiger partial charge in [-0.25, -0.2) is 9.59 Å². The van der Waals surface area contributed by atoms with Crippen LogP contribution in [0.4, 0.5) is 0 Å². The van der Waals surface area contributed by atoms with Gasteiger partial charge in [-0.2, -0.15) is 0 Å². The first-order valence-electron chi connectivity index (χ1n) is 7.50. The fourth-order valence-corrected chi connectivity index (χ4v) is 3.78. The van der Waals surface area contributed by atoms with Crippen molar-refractivity contribution in [2.45, 2.75) is 33.1 Å². The van der Waals surface area contributed by atoms with E-state index in [0.29, 0.717) is 30.7 Å². The van der Waals surface area contributed by atoms with Gasteiger partial charge in [0, 0.05) is 17.3 Å². The molecule has 23 heavy (non-hydrogen) atoms. The highest BCUT2D eigenvalue weighted by atomic mass is 16.5. The van der Waals surface area contributed by atoms with E-state index in [-0.39, 0.29) is 29.0 Å². The molecule has 126 valence electrons. The molecule has 2 rings (SSSR count). The number of hydrogen-bond donors (Lipinski definition) is 3. The highest BCUT2D eigenvalue weighted by Crippen LogP contribution is 2.45. The van der Waals surface area contributed by atoms with Gasteiger partial charge < -0.3 is 20.3 Å². The summed E-state index contributed by atoms with van der Waals surface area (Å²) in [4.78, 5) is 35.1. The van der Waals surface area contributed by atoms with Gasteiger partial charge in [-0.15, -0.1) is 0 Å². The summed E-state index contributed by atoms with van der Waals surface area (Å²) in [5.41, 5.74) is 1.05. The average Bonchev–Trinajstić information content (AvgIpc) is 2.94. The Kier molecular flexibility index (Phi) is 4.77. The van der Waals surface area contributed by atoms with Crippen LogP contribution in [0.3, 0.4) is 0 Å². The van der Waals surface area contributed by atoms with Gasteiger partial charge in [-0.3, -0.25) is 4.79 Å². The maximum atomic E-state index is 11.7. The Morgan fingerprint density at radius 3 is 2.00 bits per heavy atom. The van der Waals surface area contributed by atoms with Crippen molar-refractivity contribution in [2.24, 2.45) is 17.8 Å². The molecule has 0 aromatic heterocycles. The lowest BCUT2D eigenvalue weighted by molar-refractivity contribution is -0.145. The van der Waals surface area contributed by atoms with Gasteiger partial charge in [0.25, 0.3) is 0 Å². The predicted molar refractivity (Wildman–Crippen MR) is 80.1 cm³/mol. The average molecular weight is 323 g/mol. The van der Waals surface area contributed by atoms with Gasteiger partial charge in [0.2, 0.25) is 0 Å². The molecule has 0 spiro atoms. The van der Waals surface area contributed by atoms with Crippen LogP contribution in [0.25, 0.3) is 0 Å². The van der Waals surface area contributed by atoms with Crippen molar-refractivity contribution < 1.29 is 29.3 Å². The topological polar surface area (TPSA) is 113 Å². The molecular formula is C16H21NO6. The summed E-state index contributed by atoms with van der Waals surface area (Å²) in [6.07, 6.45) is 1.61. The molecule has 1 aliphatic carbocycles. The molecule has 3 N–H and O–H groups in total. The number of carboxylic acids is 2. The molecule has 0 radical (unpaired) electrons. The third-order valence-electron chi connectivity index (χ3n) is 4.74. The molecule has 0 aromatic carbocycles. The van der Waals surface area contributed by atoms with Crippen molar-refractivity contribution in [1.29, 1.82) is 0 Å². The minimum absolute atomic E-state index is 0.0727. The van der Waals surface area contributed by atoms with Crippen molar-refractivity contribution >= 4 is 17.9 Å². The number of aliphatic carboxylic acids is 2. The van der Waals surface area contributed by atoms with E-state index in [2.05, 4.69) is 5.32 Å². The Labute approximate surface area is 134 Å². The summed E-state index contributed by atoms with van der Waals surface area (Å²) in [7, 11) is 1.32. The fraction of sp³-hybridized carbons (Fsp3) is 0.562. The molecule has 1 heterocycles. The number of nitrogens with one attached hydrogen (secondary N) is 1. The third kappa shape index (κ3) is 3.09. The molecular weight excluding hydrogens is 302 g/mol. The summed E-state index contributed by atoms with van der Waals surface area (Å²) in [6, 6.07) is 0. The Balaban J connectivity index is 2.41. The third-order valence-corrected chi connectivity index (χ3v) is 4.74. The van der Waals surface area contributed by atoms with Crippen LogP contribution in [-0.2, 0) is 19.1 Å². The van der Waals surface area contributed by atoms with Crippen LogP contribution >= 0.6 is 0 Å². The number of ether oxygens (including phenoxy) is 1. The Hall–Kier alpha value is -2.31. The lowest BCUT2D eigenvalue weighted by Crippen LogP contribution is -2.35. The summed E-state index contributed by atoms with van der Waals surface area (Å²) >= 11 is 0. The number of carbonyl (C=O) groups is 3. The van der Waals surface area contributed by atoms with Crippen LogP contribution in [0, 0.1) is 17.8 Å². The highest BCUT2D eigenvalue weighted by molar-refractivity contribution is 5.96. The van der Waals surface area contributed by atoms with E-state index in [1.807, 2.05) is 0 Å². The zero-order valence-corrected chi connectivity index (χ0v) is 13.4. The van der Waals surface area contributed by atoms with Crippen LogP contribution < -0.4 is 5.32 Å². The zero-order valence-electron chi connectivity index (χ0n) is 13.4. The van der Waals surface area contributed by atoms with E-state index in [9.17, 15) is 24.6 Å². The monoisotopic (exact) mass is 323 g/mol. The summed E-state index contributed by atoms with van der Waals surface area (Å²) in [5.74, 6) is -3.81. The number of carbonyl (C=O) groups excluding carboxylic acids is 1. The number of methoxy groups -OCH3 is 1. The first-order chi connectivity index (χ1) is 10.8. The van der Waals surface area contributed by atoms with Crippen LogP contribution in [-0.4, -0.2) is 35.2 Å². The number of rotatable bonds is 4. The van der Waals surface area contributed by atoms with Crippen molar-refractivity contribution in [3.05, 3.63) is 22.5 Å². The number of hydrogen-bond acceptors (Lipinski definition) is 5. The molecule has 0 amide bonds. The van der Waals surface area contributed by atoms with Gasteiger partial charge >= 0.3 is 17.9 Å². The molecule has 0 bridgehead atoms. The molecule has 2 aliphatic rings. The number of esters is 1. The smallest absolute Gasteiger partial charge is 0.333 e. The SMILES string of the molecule is COC(=O)[C@H]1CC[C@@H](C2C(C(=O)O)=C(C)NC(C)=C2C(=O)O)C1. The second kappa shape index (κ2) is 6.44. The predicted octanol–water partition coefficient (Wildman–Crippen LogP) is 1.51. The van der Waals surface area contributed by atoms with Gasteiger partial charge in [-0.1, -0.05) is 0 Å². The molecule has 0 unspecified atom stereocenters. The van der Waals surface area contributed by atoms with Crippen molar-refractivity contribution in [2.75, 3.05) is 7.11 Å². The first-order valence-corrected chi connectivity index (χ1v) is 7.50. The highest BCUT2D eigenvalue weighted by Gasteiger charge is 2.44. The van der Waals surface area contributed by atoms with E-state index in [4.69, 9.17) is 4.74 Å². The van der Waals surface area contributed by atoms with Crippen LogP contribution in [0.2, 0.25) is 0 Å². The quantitative estimate of drug-likeness (QED) is 0.672. The van der Waals surface area contributed by atoms with Crippen molar-refractivity contribution in [1.82, 2.24) is 5.32 Å². The minimum atomic E-state index is -1.13. The lowest BCUT2D eigenvalue weighted by atomic mass is 9.75. The zero-order chi connectivity index (χ0) is 17.3. The van der Waals surface area contributed by atoms with E-state index >= 15 is 0 Å². The molecule has 0 aromatic rings. The first kappa shape index (κ1) is 17.1. The van der Waals surface area contributed by atoms with Crippen molar-refractivity contribution in [3.63, 3.8) is 0 Å². The van der Waals surface area contributed by atoms with Crippen LogP contribution in [0.5, 0.6) is 0 Å². The van der Waals surface area contributed by atoms with Crippen LogP contribution in [0.15, 0.2) is 22.5 Å². The van der Waals surface area contributed by atoms with E-state index in [1.54, 1.807) is 13.8 Å². The number of carboxylic acid groups (broad SMARTS) is 2. The Morgan fingerprint density at radius 1 is 1.04 bits per heavy atom. The van der Waals surface area contributed by atoms with E-state index in [1.165, 1.54) is 7.11 Å². The van der Waals surface area contributed by atoms with Crippen LogP contribution in [0.1, 0.15) is 33.1 Å². The molecule has 1 aliphatic heterocycles. The summed E-state index contributed by atoms with van der Waals surface area (Å²) in [6.45, 7) is 3.26. The lowest BCUT2D eigenvalue weighted by Gasteiger charge is -2.32. The van der Waals surface area contributed by atoms with Gasteiger partial charge in [0.15, 0.2) is 0 Å². The molecule has 7 heteroatoms. The molecule has 0 saturated heterocycles. The molecule has 2 atom stereocenters. The van der Waals surface area contributed by atoms with E-state index in [0.717, 1.165) is 0 Å². The normalized spacial score (nSPS) is 25.3. The standard InChI is InChI=1S/C16H21NO6/c1-7-11(14(18)19)13(12(15(20)21)8(2)17-7)9-4-5-10(6-9)16(22)23-3/h9-10,13,17H,4-6H2,1-3H3,(H,18,19)(H,20,21)/t9-,10+/m1/s1. The van der Waals surface area contributed by atoms with Crippen molar-refractivity contribution in [3.8, 4) is 0 Å². The fourth-order valence-electron chi connectivity index (χ4n) is 3.78. The van der Waals surface area contributed by atoms with Gasteiger partial charge in [0.1, 0.15) is 0 Å². The van der Waals surface area contributed by atoms with E-state index < -0.39 is 17.9 Å². The maximum Gasteiger partial charge on any atom is 0.333 e. The van der Waals surface area contributed by atoms with Gasteiger partial charge in [0.05, 0.1) is 24.2 Å². The number of dihydropyridines is 1. The Bertz CT molecular complexity index is 582. The summed E-state index contributed by atoms with van der Waals surface area (Å²) < 4.78 is 4.75. The second-order valence-corrected chi connectivity index (χ2v) is 6.08. The minimum Gasteiger partial charge on any atom is -0.478 e. The molecule has 1 saturated carbocycles. The van der Waals surface area contributed by atoms with Gasteiger partial charge in [-0.05, 0) is 39.0 Å². The number of allylic oxidation sites excluding steroid dienone is 2. The summed E-state index contributed by atoms with van der Waals surface area (Å²) in [5, 5.41) is 21.9. The molecule has 7 nitrogen and oxygen atoms in total.